The fourth-order valence-electron chi connectivity index (χ4n) is 2.14. The van der Waals surface area contributed by atoms with E-state index in [2.05, 4.69) is 10.3 Å². The number of benzene rings is 1. The Balaban J connectivity index is 0.00000288. The summed E-state index contributed by atoms with van der Waals surface area (Å²) in [5.74, 6) is 0.964. The summed E-state index contributed by atoms with van der Waals surface area (Å²) in [6.45, 7) is 6.36. The average molecular weight is 448 g/mol. The van der Waals surface area contributed by atoms with Crippen molar-refractivity contribution < 1.29 is 14.3 Å². The number of amides is 1. The normalized spacial score (nSPS) is 15.0. The van der Waals surface area contributed by atoms with Gasteiger partial charge in [0.25, 0.3) is 0 Å². The molecule has 1 heterocycles. The smallest absolute Gasteiger partial charge is 0.244 e. The van der Waals surface area contributed by atoms with E-state index in [1.165, 1.54) is 0 Å². The first-order valence-corrected chi connectivity index (χ1v) is 7.74. The molecule has 1 fully saturated rings. The first kappa shape index (κ1) is 20.5. The SMILES string of the molecule is CC(C)Oc1ccc(NC(N)=NCC(=O)N2CCOCC2)cc1.I. The molecule has 24 heavy (non-hydrogen) atoms. The zero-order chi connectivity index (χ0) is 16.7. The fourth-order valence-corrected chi connectivity index (χ4v) is 2.14. The Labute approximate surface area is 159 Å². The monoisotopic (exact) mass is 448 g/mol. The van der Waals surface area contributed by atoms with Gasteiger partial charge in [-0.25, -0.2) is 4.99 Å². The van der Waals surface area contributed by atoms with Crippen LogP contribution in [-0.4, -0.2) is 55.7 Å². The molecule has 0 radical (unpaired) electrons. The number of anilines is 1. The van der Waals surface area contributed by atoms with Crippen LogP contribution in [0.5, 0.6) is 5.75 Å². The molecule has 0 unspecified atom stereocenters. The Hall–Kier alpha value is -1.55. The predicted octanol–water partition coefficient (Wildman–Crippen LogP) is 1.68. The van der Waals surface area contributed by atoms with Gasteiger partial charge in [-0.15, -0.1) is 24.0 Å². The van der Waals surface area contributed by atoms with E-state index >= 15 is 0 Å². The molecule has 1 aliphatic rings. The Morgan fingerprint density at radius 3 is 2.54 bits per heavy atom. The van der Waals surface area contributed by atoms with Crippen LogP contribution >= 0.6 is 24.0 Å². The van der Waals surface area contributed by atoms with Gasteiger partial charge in [-0.3, -0.25) is 4.79 Å². The maximum Gasteiger partial charge on any atom is 0.244 e. The third kappa shape index (κ3) is 6.91. The predicted molar refractivity (Wildman–Crippen MR) is 105 cm³/mol. The topological polar surface area (TPSA) is 89.2 Å². The molecule has 8 heteroatoms. The highest BCUT2D eigenvalue weighted by Gasteiger charge is 2.16. The number of ether oxygens (including phenoxy) is 2. The first-order chi connectivity index (χ1) is 11.0. The molecule has 0 aliphatic carbocycles. The van der Waals surface area contributed by atoms with Gasteiger partial charge < -0.3 is 25.4 Å². The van der Waals surface area contributed by atoms with Crippen molar-refractivity contribution in [2.75, 3.05) is 38.2 Å². The van der Waals surface area contributed by atoms with Crippen LogP contribution in [0.25, 0.3) is 0 Å². The quantitative estimate of drug-likeness (QED) is 0.407. The number of carbonyl (C=O) groups excluding carboxylic acids is 1. The molecule has 3 N–H and O–H groups in total. The largest absolute Gasteiger partial charge is 0.491 e. The first-order valence-electron chi connectivity index (χ1n) is 7.74. The molecule has 1 aromatic rings. The Kier molecular flexibility index (Phi) is 8.83. The van der Waals surface area contributed by atoms with E-state index in [1.54, 1.807) is 4.90 Å². The van der Waals surface area contributed by atoms with Crippen molar-refractivity contribution in [1.82, 2.24) is 4.90 Å². The molecular weight excluding hydrogens is 423 g/mol. The van der Waals surface area contributed by atoms with Crippen molar-refractivity contribution in [2.24, 2.45) is 10.7 Å². The molecule has 134 valence electrons. The average Bonchev–Trinajstić information content (AvgIpc) is 2.55. The summed E-state index contributed by atoms with van der Waals surface area (Å²) < 4.78 is 10.8. The zero-order valence-electron chi connectivity index (χ0n) is 14.0. The number of hydrogen-bond donors (Lipinski definition) is 2. The molecular formula is C16H25IN4O3. The van der Waals surface area contributed by atoms with Crippen LogP contribution in [0.2, 0.25) is 0 Å². The number of rotatable bonds is 5. The number of carbonyl (C=O) groups is 1. The molecule has 1 amide bonds. The maximum atomic E-state index is 12.0. The highest BCUT2D eigenvalue weighted by atomic mass is 127. The molecule has 1 aliphatic heterocycles. The lowest BCUT2D eigenvalue weighted by molar-refractivity contribution is -0.133. The summed E-state index contributed by atoms with van der Waals surface area (Å²) in [5, 5.41) is 2.96. The van der Waals surface area contributed by atoms with Gasteiger partial charge in [0.15, 0.2) is 5.96 Å². The number of hydrogen-bond acceptors (Lipinski definition) is 4. The third-order valence-corrected chi connectivity index (χ3v) is 3.25. The van der Waals surface area contributed by atoms with Crippen LogP contribution in [0, 0.1) is 0 Å². The molecule has 7 nitrogen and oxygen atoms in total. The van der Waals surface area contributed by atoms with E-state index in [4.69, 9.17) is 15.2 Å². The summed E-state index contributed by atoms with van der Waals surface area (Å²) in [4.78, 5) is 17.8. The van der Waals surface area contributed by atoms with Gasteiger partial charge >= 0.3 is 0 Å². The second kappa shape index (κ2) is 10.3. The number of morpholine rings is 1. The van der Waals surface area contributed by atoms with Crippen LogP contribution in [0.4, 0.5) is 5.69 Å². The van der Waals surface area contributed by atoms with Crippen LogP contribution in [0.15, 0.2) is 29.3 Å². The molecule has 0 bridgehead atoms. The highest BCUT2D eigenvalue weighted by Crippen LogP contribution is 2.16. The lowest BCUT2D eigenvalue weighted by atomic mass is 10.3. The van der Waals surface area contributed by atoms with E-state index in [-0.39, 0.29) is 48.5 Å². The Bertz CT molecular complexity index is 543. The van der Waals surface area contributed by atoms with Crippen molar-refractivity contribution in [1.29, 1.82) is 0 Å². The summed E-state index contributed by atoms with van der Waals surface area (Å²) in [5.41, 5.74) is 6.61. The van der Waals surface area contributed by atoms with Gasteiger partial charge in [0, 0.05) is 18.8 Å². The minimum atomic E-state index is -0.0428. The van der Waals surface area contributed by atoms with Crippen LogP contribution in [0.3, 0.4) is 0 Å². The fraction of sp³-hybridized carbons (Fsp3) is 0.500. The number of nitrogens with zero attached hydrogens (tertiary/aromatic N) is 2. The maximum absolute atomic E-state index is 12.0. The Morgan fingerprint density at radius 1 is 1.33 bits per heavy atom. The van der Waals surface area contributed by atoms with Crippen LogP contribution < -0.4 is 15.8 Å². The highest BCUT2D eigenvalue weighted by molar-refractivity contribution is 14.0. The van der Waals surface area contributed by atoms with Crippen molar-refractivity contribution in [3.63, 3.8) is 0 Å². The summed E-state index contributed by atoms with van der Waals surface area (Å²) in [6.07, 6.45) is 0.131. The molecule has 1 saturated heterocycles. The molecule has 0 atom stereocenters. The van der Waals surface area contributed by atoms with Gasteiger partial charge in [-0.2, -0.15) is 0 Å². The minimum absolute atomic E-state index is 0. The van der Waals surface area contributed by atoms with Gasteiger partial charge in [0.1, 0.15) is 12.3 Å². The van der Waals surface area contributed by atoms with Gasteiger partial charge in [-0.05, 0) is 38.1 Å². The van der Waals surface area contributed by atoms with E-state index < -0.39 is 0 Å². The van der Waals surface area contributed by atoms with E-state index in [1.807, 2.05) is 38.1 Å². The molecule has 2 rings (SSSR count). The molecule has 0 saturated carbocycles. The number of aliphatic imine (C=N–C) groups is 1. The van der Waals surface area contributed by atoms with E-state index in [9.17, 15) is 4.79 Å². The van der Waals surface area contributed by atoms with Gasteiger partial charge in [0.2, 0.25) is 5.91 Å². The lowest BCUT2D eigenvalue weighted by Gasteiger charge is -2.26. The third-order valence-electron chi connectivity index (χ3n) is 3.25. The molecule has 0 spiro atoms. The van der Waals surface area contributed by atoms with Crippen molar-refractivity contribution in [2.45, 2.75) is 20.0 Å². The molecule has 1 aromatic carbocycles. The zero-order valence-corrected chi connectivity index (χ0v) is 16.4. The summed E-state index contributed by atoms with van der Waals surface area (Å²) in [6, 6.07) is 7.41. The minimum Gasteiger partial charge on any atom is -0.491 e. The number of nitrogens with one attached hydrogen (secondary N) is 1. The number of halogens is 1. The summed E-state index contributed by atoms with van der Waals surface area (Å²) >= 11 is 0. The van der Waals surface area contributed by atoms with Crippen LogP contribution in [0.1, 0.15) is 13.8 Å². The standard InChI is InChI=1S/C16H24N4O3.HI/c1-12(2)23-14-5-3-13(4-6-14)19-16(17)18-11-15(21)20-7-9-22-10-8-20;/h3-6,12H,7-11H2,1-2H3,(H3,17,18,19);1H. The Morgan fingerprint density at radius 2 is 1.96 bits per heavy atom. The van der Waals surface area contributed by atoms with Crippen molar-refractivity contribution >= 4 is 41.5 Å². The second-order valence-corrected chi connectivity index (χ2v) is 5.51. The molecule has 0 aromatic heterocycles. The van der Waals surface area contributed by atoms with Crippen molar-refractivity contribution in [3.8, 4) is 5.75 Å². The van der Waals surface area contributed by atoms with E-state index in [0.29, 0.717) is 26.3 Å². The lowest BCUT2D eigenvalue weighted by Crippen LogP contribution is -2.42. The second-order valence-electron chi connectivity index (χ2n) is 5.51. The van der Waals surface area contributed by atoms with Gasteiger partial charge in [-0.1, -0.05) is 0 Å². The number of guanidine groups is 1. The number of nitrogens with two attached hydrogens (primary N) is 1. The van der Waals surface area contributed by atoms with E-state index in [0.717, 1.165) is 11.4 Å². The van der Waals surface area contributed by atoms with Gasteiger partial charge in [0.05, 0.1) is 19.3 Å². The summed E-state index contributed by atoms with van der Waals surface area (Å²) in [7, 11) is 0. The van der Waals surface area contributed by atoms with Crippen molar-refractivity contribution in [3.05, 3.63) is 24.3 Å². The van der Waals surface area contributed by atoms with Crippen LogP contribution in [-0.2, 0) is 9.53 Å².